The maximum atomic E-state index is 12.3. The topological polar surface area (TPSA) is 26.3 Å². The van der Waals surface area contributed by atoms with Gasteiger partial charge in [-0.15, -0.1) is 0 Å². The summed E-state index contributed by atoms with van der Waals surface area (Å²) in [7, 11) is 0. The lowest BCUT2D eigenvalue weighted by molar-refractivity contribution is -0.127. The van der Waals surface area contributed by atoms with Crippen molar-refractivity contribution in [3.05, 3.63) is 35.6 Å². The Balaban J connectivity index is 1.52. The molecule has 0 amide bonds. The smallest absolute Gasteiger partial charge is 0.133 e. The minimum absolute atomic E-state index is 0.253. The fraction of sp³-hybridized carbons (Fsp3) is 0.741. The molecule has 0 heterocycles. The first-order valence-electron chi connectivity index (χ1n) is 12.1. The summed E-state index contributed by atoms with van der Waals surface area (Å²) in [6.07, 6.45) is 20.0. The van der Waals surface area contributed by atoms with Crippen molar-refractivity contribution in [3.8, 4) is 0 Å². The van der Waals surface area contributed by atoms with Crippen LogP contribution < -0.4 is 0 Å². The van der Waals surface area contributed by atoms with Crippen molar-refractivity contribution < 1.29 is 9.53 Å². The van der Waals surface area contributed by atoms with E-state index in [1.807, 2.05) is 13.2 Å². The van der Waals surface area contributed by atoms with Gasteiger partial charge >= 0.3 is 0 Å². The first-order chi connectivity index (χ1) is 13.9. The van der Waals surface area contributed by atoms with E-state index < -0.39 is 0 Å². The minimum atomic E-state index is 0.253. The summed E-state index contributed by atoms with van der Waals surface area (Å²) in [5.41, 5.74) is 3.56. The molecule has 2 heteroatoms. The number of carbonyl (C=O) groups is 1. The number of Topliss-reactive ketones (excluding diaryl/α,β-unsaturated/α-hetero) is 1. The molecule has 160 valence electrons. The van der Waals surface area contributed by atoms with Gasteiger partial charge in [0, 0.05) is 5.92 Å². The molecule has 29 heavy (non-hydrogen) atoms. The third-order valence-electron chi connectivity index (χ3n) is 9.28. The molecule has 4 aliphatic rings. The summed E-state index contributed by atoms with van der Waals surface area (Å²) in [5, 5.41) is 0. The van der Waals surface area contributed by atoms with Crippen LogP contribution in [-0.4, -0.2) is 12.4 Å². The Kier molecular flexibility index (Phi) is 5.84. The lowest BCUT2D eigenvalue weighted by atomic mass is 9.47. The molecule has 0 unspecified atom stereocenters. The fourth-order valence-electron chi connectivity index (χ4n) is 7.58. The number of unbranched alkanes of at least 4 members (excludes halogenated alkanes) is 1. The van der Waals surface area contributed by atoms with Crippen molar-refractivity contribution in [1.29, 1.82) is 0 Å². The number of hydrogen-bond acceptors (Lipinski definition) is 2. The Bertz CT molecular complexity index is 729. The Morgan fingerprint density at radius 1 is 1.21 bits per heavy atom. The molecule has 0 aromatic heterocycles. The summed E-state index contributed by atoms with van der Waals surface area (Å²) in [4.78, 5) is 12.3. The molecule has 0 aliphatic heterocycles. The highest BCUT2D eigenvalue weighted by atomic mass is 16.5. The number of allylic oxidation sites excluding steroid dienone is 5. The maximum Gasteiger partial charge on any atom is 0.133 e. The molecular formula is C27H40O2. The van der Waals surface area contributed by atoms with Crippen molar-refractivity contribution in [1.82, 2.24) is 0 Å². The molecule has 2 saturated carbocycles. The fourth-order valence-corrected chi connectivity index (χ4v) is 7.58. The van der Waals surface area contributed by atoms with Gasteiger partial charge < -0.3 is 4.74 Å². The molecule has 4 aliphatic carbocycles. The van der Waals surface area contributed by atoms with E-state index in [0.717, 1.165) is 43.6 Å². The van der Waals surface area contributed by atoms with E-state index in [1.165, 1.54) is 44.1 Å². The van der Waals surface area contributed by atoms with Crippen LogP contribution in [0.5, 0.6) is 0 Å². The van der Waals surface area contributed by atoms with Gasteiger partial charge in [-0.2, -0.15) is 0 Å². The zero-order chi connectivity index (χ0) is 20.6. The van der Waals surface area contributed by atoms with Crippen molar-refractivity contribution in [3.63, 3.8) is 0 Å². The van der Waals surface area contributed by atoms with E-state index in [0.29, 0.717) is 17.1 Å². The highest BCUT2D eigenvalue weighted by Crippen LogP contribution is 2.66. The van der Waals surface area contributed by atoms with Gasteiger partial charge in [0.2, 0.25) is 0 Å². The Labute approximate surface area is 177 Å². The maximum absolute atomic E-state index is 12.3. The lowest BCUT2D eigenvalue weighted by Gasteiger charge is -2.57. The third kappa shape index (κ3) is 3.55. The lowest BCUT2D eigenvalue weighted by Crippen LogP contribution is -2.49. The molecule has 6 atom stereocenters. The molecule has 0 spiro atoms. The van der Waals surface area contributed by atoms with E-state index >= 15 is 0 Å². The average Bonchev–Trinajstić information content (AvgIpc) is 3.05. The Morgan fingerprint density at radius 2 is 2.03 bits per heavy atom. The van der Waals surface area contributed by atoms with Crippen molar-refractivity contribution in [2.24, 2.45) is 34.5 Å². The highest BCUT2D eigenvalue weighted by Gasteiger charge is 2.58. The van der Waals surface area contributed by atoms with Gasteiger partial charge in [0.15, 0.2) is 0 Å². The van der Waals surface area contributed by atoms with Crippen LogP contribution in [0.15, 0.2) is 35.6 Å². The third-order valence-corrected chi connectivity index (χ3v) is 9.28. The predicted molar refractivity (Wildman–Crippen MR) is 119 cm³/mol. The van der Waals surface area contributed by atoms with E-state index in [9.17, 15) is 4.79 Å². The monoisotopic (exact) mass is 396 g/mol. The normalized spacial score (nSPS) is 41.2. The van der Waals surface area contributed by atoms with E-state index in [2.05, 4.69) is 39.0 Å². The molecular weight excluding hydrogens is 356 g/mol. The second kappa shape index (κ2) is 8.08. The summed E-state index contributed by atoms with van der Waals surface area (Å²) in [5.74, 6) is 3.04. The summed E-state index contributed by atoms with van der Waals surface area (Å²) in [6.45, 7) is 9.82. The van der Waals surface area contributed by atoms with Crippen LogP contribution in [0.4, 0.5) is 0 Å². The molecule has 0 bridgehead atoms. The molecule has 4 rings (SSSR count). The van der Waals surface area contributed by atoms with E-state index in [4.69, 9.17) is 4.74 Å². The quantitative estimate of drug-likeness (QED) is 0.356. The highest BCUT2D eigenvalue weighted by molar-refractivity contribution is 5.79. The largest absolute Gasteiger partial charge is 0.501 e. The first-order valence-corrected chi connectivity index (χ1v) is 12.1. The van der Waals surface area contributed by atoms with E-state index in [1.54, 1.807) is 5.57 Å². The zero-order valence-corrected chi connectivity index (χ0v) is 19.0. The van der Waals surface area contributed by atoms with Crippen LogP contribution in [0, 0.1) is 34.5 Å². The van der Waals surface area contributed by atoms with Crippen LogP contribution in [0.2, 0.25) is 0 Å². The van der Waals surface area contributed by atoms with E-state index in [-0.39, 0.29) is 5.41 Å². The van der Waals surface area contributed by atoms with Crippen molar-refractivity contribution in [2.75, 3.05) is 6.61 Å². The standard InChI is InChI=1S/C27H40O2/c1-5-6-16-29-17-13-20-11-14-26(3)21(18-20)7-8-22-24-10-9-23(19(2)28)27(24,4)15-12-25(22)26/h7,13,17-18,22-25H,5-6,8-12,14-16H2,1-4H3/b17-13+/t22-,23+,24-,25-,26-,27+/m0/s1. The molecule has 2 nitrogen and oxygen atoms in total. The van der Waals surface area contributed by atoms with Crippen LogP contribution in [-0.2, 0) is 9.53 Å². The number of rotatable bonds is 6. The molecule has 0 aromatic rings. The summed E-state index contributed by atoms with van der Waals surface area (Å²) < 4.78 is 5.64. The van der Waals surface area contributed by atoms with Gasteiger partial charge in [0.1, 0.15) is 5.78 Å². The van der Waals surface area contributed by atoms with Gasteiger partial charge in [-0.05, 0) is 104 Å². The van der Waals surface area contributed by atoms with Crippen LogP contribution in [0.3, 0.4) is 0 Å². The van der Waals surface area contributed by atoms with Gasteiger partial charge in [-0.1, -0.05) is 39.3 Å². The van der Waals surface area contributed by atoms with Crippen LogP contribution in [0.1, 0.15) is 85.5 Å². The summed E-state index contributed by atoms with van der Waals surface area (Å²) >= 11 is 0. The number of ketones is 1. The van der Waals surface area contributed by atoms with Crippen molar-refractivity contribution in [2.45, 2.75) is 85.5 Å². The number of hydrogen-bond donors (Lipinski definition) is 0. The van der Waals surface area contributed by atoms with Crippen molar-refractivity contribution >= 4 is 5.78 Å². The Hall–Kier alpha value is -1.31. The zero-order valence-electron chi connectivity index (χ0n) is 19.0. The van der Waals surface area contributed by atoms with Gasteiger partial charge in [0.05, 0.1) is 12.9 Å². The first kappa shape index (κ1) is 20.9. The molecule has 0 N–H and O–H groups in total. The molecule has 0 aromatic carbocycles. The Morgan fingerprint density at radius 3 is 2.79 bits per heavy atom. The second-order valence-electron chi connectivity index (χ2n) is 10.7. The average molecular weight is 397 g/mol. The van der Waals surface area contributed by atoms with Crippen LogP contribution in [0.25, 0.3) is 0 Å². The molecule has 2 fully saturated rings. The predicted octanol–water partition coefficient (Wildman–Crippen LogP) is 7.02. The van der Waals surface area contributed by atoms with Gasteiger partial charge in [-0.25, -0.2) is 0 Å². The molecule has 0 radical (unpaired) electrons. The van der Waals surface area contributed by atoms with Gasteiger partial charge in [-0.3, -0.25) is 4.79 Å². The minimum Gasteiger partial charge on any atom is -0.501 e. The van der Waals surface area contributed by atoms with Gasteiger partial charge in [0.25, 0.3) is 0 Å². The number of carbonyl (C=O) groups excluding carboxylic acids is 1. The second-order valence-corrected chi connectivity index (χ2v) is 10.7. The summed E-state index contributed by atoms with van der Waals surface area (Å²) in [6, 6.07) is 0. The SMILES string of the molecule is CCCCO/C=C/C1=CC2=CC[C@H]3[C@@H]4CC[C@H](C(C)=O)[C@@]4(C)CC[C@@H]3[C@@]2(C)CC1. The van der Waals surface area contributed by atoms with Crippen LogP contribution >= 0.6 is 0 Å². The number of fused-ring (bicyclic) bond motifs is 5. The molecule has 0 saturated heterocycles. The number of ether oxygens (including phenoxy) is 1.